The molecular formula is C15H13FN2O5. The van der Waals surface area contributed by atoms with Crippen LogP contribution in [0.2, 0.25) is 0 Å². The molecule has 7 nitrogen and oxygen atoms in total. The van der Waals surface area contributed by atoms with Gasteiger partial charge in [0.1, 0.15) is 5.82 Å². The molecule has 0 atom stereocenters. The summed E-state index contributed by atoms with van der Waals surface area (Å²) in [5.74, 6) is -4.17. The van der Waals surface area contributed by atoms with Gasteiger partial charge in [-0.1, -0.05) is 0 Å². The van der Waals surface area contributed by atoms with E-state index in [-0.39, 0.29) is 6.54 Å². The molecular weight excluding hydrogens is 307 g/mol. The van der Waals surface area contributed by atoms with Crippen LogP contribution in [0.3, 0.4) is 0 Å². The summed E-state index contributed by atoms with van der Waals surface area (Å²) < 4.78 is 30.1. The Morgan fingerprint density at radius 3 is 2.78 bits per heavy atom. The highest BCUT2D eigenvalue weighted by molar-refractivity contribution is 6.31. The second-order valence-electron chi connectivity index (χ2n) is 5.49. The second kappa shape index (κ2) is 4.69. The molecule has 2 aliphatic heterocycles. The maximum absolute atomic E-state index is 14.3. The Balaban J connectivity index is 1.92. The predicted molar refractivity (Wildman–Crippen MR) is 76.0 cm³/mol. The van der Waals surface area contributed by atoms with Crippen LogP contribution >= 0.6 is 0 Å². The zero-order valence-electron chi connectivity index (χ0n) is 12.2. The van der Waals surface area contributed by atoms with Crippen molar-refractivity contribution in [2.45, 2.75) is 12.8 Å². The van der Waals surface area contributed by atoms with E-state index in [0.717, 1.165) is 0 Å². The van der Waals surface area contributed by atoms with E-state index >= 15 is 0 Å². The number of hydrogen-bond donors (Lipinski definition) is 1. The van der Waals surface area contributed by atoms with Gasteiger partial charge in [-0.05, 0) is 19.1 Å². The highest BCUT2D eigenvalue weighted by Gasteiger charge is 2.55. The molecule has 8 heteroatoms. The molecule has 1 N–H and O–H groups in total. The molecule has 0 radical (unpaired) electrons. The first-order valence-corrected chi connectivity index (χ1v) is 7.13. The Morgan fingerprint density at radius 1 is 1.30 bits per heavy atom. The van der Waals surface area contributed by atoms with Gasteiger partial charge in [-0.25, -0.2) is 14.0 Å². The number of fused-ring (bicyclic) bond motifs is 1. The summed E-state index contributed by atoms with van der Waals surface area (Å²) in [5, 5.41) is 3.59. The topological polar surface area (TPSA) is 81.0 Å². The van der Waals surface area contributed by atoms with Gasteiger partial charge < -0.3 is 19.2 Å². The summed E-state index contributed by atoms with van der Waals surface area (Å²) in [7, 11) is 0. The lowest BCUT2D eigenvalue weighted by Crippen LogP contribution is -2.63. The van der Waals surface area contributed by atoms with Gasteiger partial charge in [-0.15, -0.1) is 0 Å². The van der Waals surface area contributed by atoms with Crippen LogP contribution in [0.5, 0.6) is 0 Å². The molecule has 2 aromatic rings. The molecule has 0 unspecified atom stereocenters. The fourth-order valence-corrected chi connectivity index (χ4v) is 3.04. The molecule has 23 heavy (non-hydrogen) atoms. The Morgan fingerprint density at radius 2 is 2.04 bits per heavy atom. The van der Waals surface area contributed by atoms with Crippen LogP contribution in [0.15, 0.2) is 22.8 Å². The maximum atomic E-state index is 14.3. The summed E-state index contributed by atoms with van der Waals surface area (Å²) in [6.45, 7) is 2.58. The minimum atomic E-state index is -1.62. The number of rotatable bonds is 1. The third-order valence-corrected chi connectivity index (χ3v) is 4.12. The van der Waals surface area contributed by atoms with Gasteiger partial charge >= 0.3 is 17.8 Å². The van der Waals surface area contributed by atoms with E-state index in [1.54, 1.807) is 17.9 Å². The van der Waals surface area contributed by atoms with E-state index in [1.165, 1.54) is 12.3 Å². The second-order valence-corrected chi connectivity index (χ2v) is 5.49. The van der Waals surface area contributed by atoms with Crippen molar-refractivity contribution in [2.24, 2.45) is 0 Å². The summed E-state index contributed by atoms with van der Waals surface area (Å²) >= 11 is 0. The van der Waals surface area contributed by atoms with Gasteiger partial charge in [-0.3, -0.25) is 4.90 Å². The molecule has 0 saturated carbocycles. The van der Waals surface area contributed by atoms with Crippen LogP contribution < -0.4 is 10.2 Å². The van der Waals surface area contributed by atoms with Crippen molar-refractivity contribution in [3.05, 3.63) is 29.8 Å². The van der Waals surface area contributed by atoms with Gasteiger partial charge in [0, 0.05) is 24.0 Å². The van der Waals surface area contributed by atoms with Crippen LogP contribution in [0.4, 0.5) is 10.1 Å². The molecule has 1 aromatic carbocycles. The van der Waals surface area contributed by atoms with Gasteiger partial charge in [-0.2, -0.15) is 0 Å². The highest BCUT2D eigenvalue weighted by atomic mass is 19.1. The van der Waals surface area contributed by atoms with Gasteiger partial charge in [0.2, 0.25) is 0 Å². The monoisotopic (exact) mass is 320 g/mol. The third kappa shape index (κ3) is 1.91. The SMILES string of the molecule is Cc1c(F)cc2ccoc2c1N1CCNCC12OC(=O)C(=O)O2. The molecule has 4 rings (SSSR count). The Kier molecular flexibility index (Phi) is 2.86. The molecule has 120 valence electrons. The average Bonchev–Trinajstić information content (AvgIpc) is 3.07. The number of benzene rings is 1. The lowest BCUT2D eigenvalue weighted by atomic mass is 10.1. The van der Waals surface area contributed by atoms with Crippen LogP contribution in [0.1, 0.15) is 5.56 Å². The van der Waals surface area contributed by atoms with Crippen molar-refractivity contribution >= 4 is 28.6 Å². The molecule has 2 saturated heterocycles. The van der Waals surface area contributed by atoms with Gasteiger partial charge in [0.25, 0.3) is 0 Å². The summed E-state index contributed by atoms with van der Waals surface area (Å²) in [5.41, 5.74) is 1.19. The number of esters is 2. The fourth-order valence-electron chi connectivity index (χ4n) is 3.04. The maximum Gasteiger partial charge on any atom is 0.422 e. The van der Waals surface area contributed by atoms with E-state index in [2.05, 4.69) is 5.32 Å². The normalized spacial score (nSPS) is 20.2. The first-order chi connectivity index (χ1) is 11.0. The molecule has 0 aliphatic carbocycles. The molecule has 2 fully saturated rings. The van der Waals surface area contributed by atoms with Crippen LogP contribution in [0.25, 0.3) is 11.0 Å². The van der Waals surface area contributed by atoms with Crippen molar-refractivity contribution in [3.8, 4) is 0 Å². The van der Waals surface area contributed by atoms with E-state index < -0.39 is 23.7 Å². The first-order valence-electron chi connectivity index (χ1n) is 7.13. The molecule has 1 aromatic heterocycles. The van der Waals surface area contributed by atoms with Crippen LogP contribution in [0, 0.1) is 12.7 Å². The minimum absolute atomic E-state index is 0.0859. The highest BCUT2D eigenvalue weighted by Crippen LogP contribution is 2.39. The smallest absolute Gasteiger partial charge is 0.422 e. The summed E-state index contributed by atoms with van der Waals surface area (Å²) in [6.07, 6.45) is 1.45. The number of nitrogens with zero attached hydrogens (tertiary/aromatic N) is 1. The van der Waals surface area contributed by atoms with E-state index in [0.29, 0.717) is 35.3 Å². The number of halogens is 1. The number of anilines is 1. The first kappa shape index (κ1) is 14.0. The van der Waals surface area contributed by atoms with E-state index in [4.69, 9.17) is 13.9 Å². The molecule has 1 spiro atoms. The van der Waals surface area contributed by atoms with Crippen LogP contribution in [-0.2, 0) is 19.1 Å². The largest absolute Gasteiger partial charge is 0.462 e. The van der Waals surface area contributed by atoms with Crippen LogP contribution in [-0.4, -0.2) is 37.5 Å². The zero-order valence-corrected chi connectivity index (χ0v) is 12.2. The number of carbonyl (C=O) groups excluding carboxylic acids is 2. The Bertz CT molecular complexity index is 815. The lowest BCUT2D eigenvalue weighted by Gasteiger charge is -2.42. The zero-order chi connectivity index (χ0) is 16.2. The Hall–Kier alpha value is -2.61. The molecule has 2 aliphatic rings. The number of hydrogen-bond acceptors (Lipinski definition) is 7. The lowest BCUT2D eigenvalue weighted by molar-refractivity contribution is -0.180. The minimum Gasteiger partial charge on any atom is -0.462 e. The van der Waals surface area contributed by atoms with Crippen molar-refractivity contribution < 1.29 is 27.9 Å². The van der Waals surface area contributed by atoms with Gasteiger partial charge in [0.05, 0.1) is 18.5 Å². The molecule has 0 bridgehead atoms. The third-order valence-electron chi connectivity index (χ3n) is 4.12. The molecule has 3 heterocycles. The summed E-state index contributed by atoms with van der Waals surface area (Å²) in [4.78, 5) is 24.6. The number of furan rings is 1. The van der Waals surface area contributed by atoms with Gasteiger partial charge in [0.15, 0.2) is 5.58 Å². The number of carbonyl (C=O) groups is 2. The quantitative estimate of drug-likeness (QED) is 0.621. The predicted octanol–water partition coefficient (Wildman–Crippen LogP) is 1.04. The van der Waals surface area contributed by atoms with Crippen molar-refractivity contribution in [1.82, 2.24) is 5.32 Å². The molecule has 0 amide bonds. The average molecular weight is 320 g/mol. The Labute approximate surface area is 129 Å². The van der Waals surface area contributed by atoms with Crippen molar-refractivity contribution in [1.29, 1.82) is 0 Å². The van der Waals surface area contributed by atoms with E-state index in [1.807, 2.05) is 0 Å². The van der Waals surface area contributed by atoms with Crippen molar-refractivity contribution in [3.63, 3.8) is 0 Å². The number of piperazine rings is 1. The van der Waals surface area contributed by atoms with E-state index in [9.17, 15) is 14.0 Å². The number of ether oxygens (including phenoxy) is 2. The summed E-state index contributed by atoms with van der Waals surface area (Å²) in [6, 6.07) is 3.02. The fraction of sp³-hybridized carbons (Fsp3) is 0.333. The number of nitrogens with one attached hydrogen (secondary N) is 1. The standard InChI is InChI=1S/C15H13FN2O5/c1-8-10(16)6-9-2-5-21-12(9)11(8)18-4-3-17-7-15(18)22-13(19)14(20)23-15/h2,5-6,17H,3-4,7H2,1H3. The van der Waals surface area contributed by atoms with Crippen molar-refractivity contribution in [2.75, 3.05) is 24.5 Å².